The summed E-state index contributed by atoms with van der Waals surface area (Å²) in [6.07, 6.45) is -0.867. The largest absolute Gasteiger partial charge is 0.462 e. The number of hydrogen-bond donors (Lipinski definition) is 2. The van der Waals surface area contributed by atoms with Gasteiger partial charge < -0.3 is 20.5 Å². The van der Waals surface area contributed by atoms with Gasteiger partial charge in [0.1, 0.15) is 6.10 Å². The van der Waals surface area contributed by atoms with Gasteiger partial charge in [-0.05, 0) is 13.3 Å². The van der Waals surface area contributed by atoms with Gasteiger partial charge in [-0.15, -0.1) is 0 Å². The van der Waals surface area contributed by atoms with Crippen LogP contribution in [0.15, 0.2) is 0 Å². The molecule has 0 spiro atoms. The molecule has 0 bridgehead atoms. The van der Waals surface area contributed by atoms with Crippen LogP contribution in [0, 0.1) is 5.41 Å². The van der Waals surface area contributed by atoms with Crippen LogP contribution in [0.1, 0.15) is 60.3 Å². The number of carbonyl (C=O) groups is 4. The van der Waals surface area contributed by atoms with Gasteiger partial charge in [-0.3, -0.25) is 19.2 Å². The second kappa shape index (κ2) is 10.7. The number of primary amides is 1. The Kier molecular flexibility index (Phi) is 9.78. The molecule has 0 aliphatic heterocycles. The molecule has 3 N–H and O–H groups in total. The van der Waals surface area contributed by atoms with Crippen LogP contribution in [0.4, 0.5) is 0 Å². The van der Waals surface area contributed by atoms with Crippen LogP contribution in [0.25, 0.3) is 0 Å². The fraction of sp³-hybridized carbons (Fsp3) is 0.765. The highest BCUT2D eigenvalue weighted by atomic mass is 16.6. The SMILES string of the molecule is CCCC(=O)O[C@H](C)CC(=O)O[C@@H](C(=O)NCCC(N)=O)C(C)(C)C. The van der Waals surface area contributed by atoms with Crippen molar-refractivity contribution in [3.05, 3.63) is 0 Å². The summed E-state index contributed by atoms with van der Waals surface area (Å²) in [5, 5.41) is 2.53. The average Bonchev–Trinajstić information content (AvgIpc) is 2.42. The topological polar surface area (TPSA) is 125 Å². The number of ether oxygens (including phenoxy) is 2. The minimum Gasteiger partial charge on any atom is -0.462 e. The van der Waals surface area contributed by atoms with E-state index in [1.165, 1.54) is 0 Å². The molecule has 2 atom stereocenters. The van der Waals surface area contributed by atoms with Crippen LogP contribution in [0.5, 0.6) is 0 Å². The zero-order chi connectivity index (χ0) is 19.6. The van der Waals surface area contributed by atoms with E-state index in [0.29, 0.717) is 6.42 Å². The Morgan fingerprint density at radius 3 is 2.12 bits per heavy atom. The van der Waals surface area contributed by atoms with Gasteiger partial charge >= 0.3 is 11.9 Å². The number of esters is 2. The first-order valence-corrected chi connectivity index (χ1v) is 8.42. The molecule has 0 aromatic heterocycles. The highest BCUT2D eigenvalue weighted by molar-refractivity contribution is 5.85. The third-order valence-electron chi connectivity index (χ3n) is 3.19. The summed E-state index contributed by atoms with van der Waals surface area (Å²) in [6.45, 7) is 8.78. The third kappa shape index (κ3) is 10.4. The number of carbonyl (C=O) groups excluding carboxylic acids is 4. The predicted molar refractivity (Wildman–Crippen MR) is 91.2 cm³/mol. The van der Waals surface area contributed by atoms with Gasteiger partial charge in [0.05, 0.1) is 6.42 Å². The maximum atomic E-state index is 12.2. The van der Waals surface area contributed by atoms with Crippen LogP contribution in [-0.4, -0.2) is 42.5 Å². The molecule has 0 aromatic rings. The lowest BCUT2D eigenvalue weighted by Gasteiger charge is -2.29. The molecular weight excluding hydrogens is 328 g/mol. The zero-order valence-corrected chi connectivity index (χ0v) is 15.7. The molecule has 0 unspecified atom stereocenters. The zero-order valence-electron chi connectivity index (χ0n) is 15.7. The number of nitrogens with two attached hydrogens (primary N) is 1. The Hall–Kier alpha value is -2.12. The average molecular weight is 358 g/mol. The van der Waals surface area contributed by atoms with Crippen molar-refractivity contribution in [2.24, 2.45) is 11.1 Å². The first-order chi connectivity index (χ1) is 11.5. The van der Waals surface area contributed by atoms with Crippen molar-refractivity contribution in [1.29, 1.82) is 0 Å². The second-order valence-electron chi connectivity index (χ2n) is 7.00. The molecule has 2 amide bonds. The first kappa shape index (κ1) is 22.9. The molecule has 0 fully saturated rings. The van der Waals surface area contributed by atoms with E-state index < -0.39 is 35.4 Å². The molecule has 0 saturated carbocycles. The fourth-order valence-electron chi connectivity index (χ4n) is 1.97. The van der Waals surface area contributed by atoms with Gasteiger partial charge in [-0.1, -0.05) is 27.7 Å². The summed E-state index contributed by atoms with van der Waals surface area (Å²) in [5.74, 6) is -2.05. The van der Waals surface area contributed by atoms with Gasteiger partial charge in [0.25, 0.3) is 5.91 Å². The molecule has 8 nitrogen and oxygen atoms in total. The standard InChI is InChI=1S/C17H30N2O6/c1-6-7-13(21)24-11(2)10-14(22)25-15(17(3,4)5)16(23)19-9-8-12(18)20/h11,15H,6-10H2,1-5H3,(H2,18,20)(H,19,23)/t11-,15+/m1/s1. The maximum absolute atomic E-state index is 12.2. The fourth-order valence-corrected chi connectivity index (χ4v) is 1.97. The summed E-state index contributed by atoms with van der Waals surface area (Å²) < 4.78 is 10.4. The normalized spacial score (nSPS) is 13.5. The van der Waals surface area contributed by atoms with Crippen molar-refractivity contribution in [2.75, 3.05) is 6.54 Å². The first-order valence-electron chi connectivity index (χ1n) is 8.42. The number of amides is 2. The second-order valence-corrected chi connectivity index (χ2v) is 7.00. The smallest absolute Gasteiger partial charge is 0.310 e. The van der Waals surface area contributed by atoms with E-state index in [1.54, 1.807) is 27.7 Å². The molecule has 144 valence electrons. The van der Waals surface area contributed by atoms with Crippen molar-refractivity contribution >= 4 is 23.8 Å². The highest BCUT2D eigenvalue weighted by Crippen LogP contribution is 2.23. The number of rotatable bonds is 10. The molecule has 0 aliphatic carbocycles. The van der Waals surface area contributed by atoms with Crippen LogP contribution in [-0.2, 0) is 28.7 Å². The van der Waals surface area contributed by atoms with Gasteiger partial charge in [-0.2, -0.15) is 0 Å². The van der Waals surface area contributed by atoms with E-state index in [1.807, 2.05) is 6.92 Å². The monoisotopic (exact) mass is 358 g/mol. The molecule has 25 heavy (non-hydrogen) atoms. The summed E-state index contributed by atoms with van der Waals surface area (Å²) >= 11 is 0. The number of nitrogens with one attached hydrogen (secondary N) is 1. The van der Waals surface area contributed by atoms with E-state index >= 15 is 0 Å². The molecule has 0 aliphatic rings. The molecule has 0 radical (unpaired) electrons. The summed E-state index contributed by atoms with van der Waals surface area (Å²) in [7, 11) is 0. The van der Waals surface area contributed by atoms with Gasteiger partial charge in [0.15, 0.2) is 6.10 Å². The predicted octanol–water partition coefficient (Wildman–Crippen LogP) is 1.06. The minimum absolute atomic E-state index is 0.000956. The van der Waals surface area contributed by atoms with Crippen LogP contribution < -0.4 is 11.1 Å². The molecule has 0 rings (SSSR count). The molecule has 0 saturated heterocycles. The van der Waals surface area contributed by atoms with Crippen LogP contribution >= 0.6 is 0 Å². The van der Waals surface area contributed by atoms with Gasteiger partial charge in [0.2, 0.25) is 5.91 Å². The lowest BCUT2D eigenvalue weighted by Crippen LogP contribution is -2.46. The van der Waals surface area contributed by atoms with Crippen molar-refractivity contribution in [2.45, 2.75) is 72.5 Å². The Balaban J connectivity index is 4.65. The van der Waals surface area contributed by atoms with Crippen LogP contribution in [0.2, 0.25) is 0 Å². The van der Waals surface area contributed by atoms with Crippen molar-refractivity contribution in [1.82, 2.24) is 5.32 Å². The van der Waals surface area contributed by atoms with E-state index in [2.05, 4.69) is 5.32 Å². The summed E-state index contributed by atoms with van der Waals surface area (Å²) in [6, 6.07) is 0. The van der Waals surface area contributed by atoms with Gasteiger partial charge in [0, 0.05) is 24.8 Å². The lowest BCUT2D eigenvalue weighted by molar-refractivity contribution is -0.166. The van der Waals surface area contributed by atoms with Gasteiger partial charge in [-0.25, -0.2) is 0 Å². The Bertz CT molecular complexity index is 484. The van der Waals surface area contributed by atoms with E-state index in [9.17, 15) is 19.2 Å². The Morgan fingerprint density at radius 2 is 1.64 bits per heavy atom. The van der Waals surface area contributed by atoms with Crippen molar-refractivity contribution < 1.29 is 28.7 Å². The highest BCUT2D eigenvalue weighted by Gasteiger charge is 2.35. The number of hydrogen-bond acceptors (Lipinski definition) is 6. The van der Waals surface area contributed by atoms with Crippen LogP contribution in [0.3, 0.4) is 0 Å². The third-order valence-corrected chi connectivity index (χ3v) is 3.19. The molecular formula is C17H30N2O6. The molecule has 0 aromatic carbocycles. The lowest BCUT2D eigenvalue weighted by atomic mass is 9.88. The van der Waals surface area contributed by atoms with Crippen molar-refractivity contribution in [3.63, 3.8) is 0 Å². The van der Waals surface area contributed by atoms with E-state index in [0.717, 1.165) is 0 Å². The van der Waals surface area contributed by atoms with E-state index in [4.69, 9.17) is 15.2 Å². The minimum atomic E-state index is -1.04. The summed E-state index contributed by atoms with van der Waals surface area (Å²) in [4.78, 5) is 46.4. The molecule has 0 heterocycles. The maximum Gasteiger partial charge on any atom is 0.310 e. The van der Waals surface area contributed by atoms with Crippen molar-refractivity contribution in [3.8, 4) is 0 Å². The van der Waals surface area contributed by atoms with E-state index in [-0.39, 0.29) is 31.8 Å². The Labute approximate surface area is 148 Å². The summed E-state index contributed by atoms with van der Waals surface area (Å²) in [5.41, 5.74) is 4.38. The molecule has 8 heteroatoms. The Morgan fingerprint density at radius 1 is 1.04 bits per heavy atom. The quantitative estimate of drug-likeness (QED) is 0.563.